The highest BCUT2D eigenvalue weighted by atomic mass is 16.5. The van der Waals surface area contributed by atoms with E-state index in [9.17, 15) is 0 Å². The molecule has 1 rings (SSSR count). The van der Waals surface area contributed by atoms with E-state index >= 15 is 0 Å². The first-order chi connectivity index (χ1) is 7.79. The van der Waals surface area contributed by atoms with Crippen LogP contribution in [0.25, 0.3) is 0 Å². The zero-order chi connectivity index (χ0) is 11.8. The lowest BCUT2D eigenvalue weighted by Crippen LogP contribution is -2.47. The number of rotatable bonds is 6. The Hall–Kier alpha value is -0.120. The zero-order valence-electron chi connectivity index (χ0n) is 11.2. The van der Waals surface area contributed by atoms with Crippen molar-refractivity contribution in [2.75, 3.05) is 33.9 Å². The molecule has 1 saturated carbocycles. The third-order valence-electron chi connectivity index (χ3n) is 3.71. The minimum absolute atomic E-state index is 0.661. The molecule has 0 heterocycles. The average Bonchev–Trinajstić information content (AvgIpc) is 2.54. The van der Waals surface area contributed by atoms with Crippen molar-refractivity contribution in [2.24, 2.45) is 0 Å². The molecule has 0 amide bonds. The van der Waals surface area contributed by atoms with Crippen LogP contribution in [0.3, 0.4) is 0 Å². The van der Waals surface area contributed by atoms with E-state index in [0.29, 0.717) is 12.1 Å². The Bertz CT molecular complexity index is 175. The molecule has 3 heteroatoms. The fraction of sp³-hybridized carbons (Fsp3) is 1.00. The summed E-state index contributed by atoms with van der Waals surface area (Å²) < 4.78 is 5.43. The van der Waals surface area contributed by atoms with Crippen LogP contribution in [-0.2, 0) is 4.74 Å². The molecule has 0 bridgehead atoms. The summed E-state index contributed by atoms with van der Waals surface area (Å²) in [6.07, 6.45) is 6.80. The van der Waals surface area contributed by atoms with E-state index in [2.05, 4.69) is 31.2 Å². The molecule has 1 fully saturated rings. The van der Waals surface area contributed by atoms with Crippen molar-refractivity contribution >= 4 is 0 Å². The average molecular weight is 228 g/mol. The molecule has 0 aromatic rings. The maximum Gasteiger partial charge on any atom is 0.0593 e. The van der Waals surface area contributed by atoms with Gasteiger partial charge in [-0.3, -0.25) is 4.90 Å². The van der Waals surface area contributed by atoms with Gasteiger partial charge in [-0.2, -0.15) is 0 Å². The van der Waals surface area contributed by atoms with Gasteiger partial charge in [0, 0.05) is 25.2 Å². The van der Waals surface area contributed by atoms with Crippen molar-refractivity contribution in [1.82, 2.24) is 10.2 Å². The predicted octanol–water partition coefficient (Wildman–Crippen LogP) is 1.88. The molecule has 0 aromatic heterocycles. The Morgan fingerprint density at radius 1 is 1.25 bits per heavy atom. The topological polar surface area (TPSA) is 24.5 Å². The van der Waals surface area contributed by atoms with Gasteiger partial charge in [0.2, 0.25) is 0 Å². The number of ether oxygens (including phenoxy) is 1. The molecule has 0 aromatic carbocycles. The lowest BCUT2D eigenvalue weighted by Gasteiger charge is -2.33. The molecule has 1 N–H and O–H groups in total. The Kier molecular flexibility index (Phi) is 7.01. The highest BCUT2D eigenvalue weighted by Crippen LogP contribution is 2.21. The first kappa shape index (κ1) is 13.9. The molecule has 1 aliphatic rings. The van der Waals surface area contributed by atoms with Crippen molar-refractivity contribution in [1.29, 1.82) is 0 Å². The second-order valence-corrected chi connectivity index (χ2v) is 4.78. The van der Waals surface area contributed by atoms with E-state index in [4.69, 9.17) is 4.74 Å². The summed E-state index contributed by atoms with van der Waals surface area (Å²) in [7, 11) is 4.33. The van der Waals surface area contributed by atoms with E-state index in [1.807, 2.05) is 0 Å². The third-order valence-corrected chi connectivity index (χ3v) is 3.71. The van der Waals surface area contributed by atoms with Crippen LogP contribution in [0.1, 0.15) is 39.0 Å². The van der Waals surface area contributed by atoms with Gasteiger partial charge in [0.05, 0.1) is 6.61 Å². The van der Waals surface area contributed by atoms with Gasteiger partial charge in [0.25, 0.3) is 0 Å². The second kappa shape index (κ2) is 8.04. The molecule has 0 radical (unpaired) electrons. The summed E-state index contributed by atoms with van der Waals surface area (Å²) in [6, 6.07) is 1.35. The van der Waals surface area contributed by atoms with Crippen molar-refractivity contribution in [2.45, 2.75) is 51.1 Å². The monoisotopic (exact) mass is 228 g/mol. The standard InChI is InChI=1S/C13H28N2O/c1-4-16-11-10-15(3)13-9-7-5-6-8-12(13)14-2/h12-14H,4-11H2,1-3H3. The molecule has 0 aliphatic heterocycles. The van der Waals surface area contributed by atoms with Gasteiger partial charge in [-0.05, 0) is 33.9 Å². The number of nitrogens with zero attached hydrogens (tertiary/aromatic N) is 1. The Morgan fingerprint density at radius 3 is 2.69 bits per heavy atom. The molecule has 2 atom stereocenters. The molecule has 96 valence electrons. The van der Waals surface area contributed by atoms with Gasteiger partial charge >= 0.3 is 0 Å². The minimum atomic E-state index is 0.661. The van der Waals surface area contributed by atoms with E-state index in [-0.39, 0.29) is 0 Å². The summed E-state index contributed by atoms with van der Waals surface area (Å²) in [6.45, 7) is 4.80. The van der Waals surface area contributed by atoms with Crippen molar-refractivity contribution < 1.29 is 4.74 Å². The third kappa shape index (κ3) is 4.40. The lowest BCUT2D eigenvalue weighted by molar-refractivity contribution is 0.0957. The van der Waals surface area contributed by atoms with E-state index in [1.54, 1.807) is 0 Å². The zero-order valence-corrected chi connectivity index (χ0v) is 11.2. The fourth-order valence-corrected chi connectivity index (χ4v) is 2.67. The highest BCUT2D eigenvalue weighted by molar-refractivity contribution is 4.84. The number of nitrogens with one attached hydrogen (secondary N) is 1. The Labute approximate surface area is 101 Å². The van der Waals surface area contributed by atoms with Crippen LogP contribution in [0.2, 0.25) is 0 Å². The largest absolute Gasteiger partial charge is 0.380 e. The Morgan fingerprint density at radius 2 is 2.00 bits per heavy atom. The summed E-state index contributed by atoms with van der Waals surface area (Å²) in [5.41, 5.74) is 0. The van der Waals surface area contributed by atoms with Crippen LogP contribution in [0.4, 0.5) is 0 Å². The number of likely N-dealkylation sites (N-methyl/N-ethyl adjacent to an activating group) is 2. The predicted molar refractivity (Wildman–Crippen MR) is 68.8 cm³/mol. The quantitative estimate of drug-likeness (QED) is 0.555. The first-order valence-corrected chi connectivity index (χ1v) is 6.74. The van der Waals surface area contributed by atoms with Gasteiger partial charge in [-0.25, -0.2) is 0 Å². The summed E-state index contributed by atoms with van der Waals surface area (Å²) >= 11 is 0. The summed E-state index contributed by atoms with van der Waals surface area (Å²) in [5.74, 6) is 0. The highest BCUT2D eigenvalue weighted by Gasteiger charge is 2.25. The van der Waals surface area contributed by atoms with Gasteiger partial charge in [0.15, 0.2) is 0 Å². The second-order valence-electron chi connectivity index (χ2n) is 4.78. The van der Waals surface area contributed by atoms with Gasteiger partial charge in [0.1, 0.15) is 0 Å². The maximum atomic E-state index is 5.43. The molecule has 2 unspecified atom stereocenters. The molecular formula is C13H28N2O. The van der Waals surface area contributed by atoms with Crippen LogP contribution in [0.5, 0.6) is 0 Å². The van der Waals surface area contributed by atoms with Crippen molar-refractivity contribution in [3.63, 3.8) is 0 Å². The van der Waals surface area contributed by atoms with Crippen LogP contribution in [0, 0.1) is 0 Å². The van der Waals surface area contributed by atoms with Gasteiger partial charge in [-0.15, -0.1) is 0 Å². The van der Waals surface area contributed by atoms with Crippen LogP contribution in [-0.4, -0.2) is 50.8 Å². The van der Waals surface area contributed by atoms with Crippen LogP contribution < -0.4 is 5.32 Å². The summed E-state index contributed by atoms with van der Waals surface area (Å²) in [5, 5.41) is 3.48. The summed E-state index contributed by atoms with van der Waals surface area (Å²) in [4.78, 5) is 2.47. The maximum absolute atomic E-state index is 5.43. The Balaban J connectivity index is 2.39. The number of hydrogen-bond donors (Lipinski definition) is 1. The van der Waals surface area contributed by atoms with Gasteiger partial charge in [-0.1, -0.05) is 19.3 Å². The van der Waals surface area contributed by atoms with Crippen molar-refractivity contribution in [3.8, 4) is 0 Å². The molecule has 0 saturated heterocycles. The molecule has 0 spiro atoms. The smallest absolute Gasteiger partial charge is 0.0593 e. The van der Waals surface area contributed by atoms with E-state index in [1.165, 1.54) is 32.1 Å². The number of hydrogen-bond acceptors (Lipinski definition) is 3. The molecule has 3 nitrogen and oxygen atoms in total. The normalized spacial score (nSPS) is 27.0. The molecule has 16 heavy (non-hydrogen) atoms. The van der Waals surface area contributed by atoms with E-state index < -0.39 is 0 Å². The minimum Gasteiger partial charge on any atom is -0.380 e. The molecular weight excluding hydrogens is 200 g/mol. The van der Waals surface area contributed by atoms with Crippen LogP contribution >= 0.6 is 0 Å². The van der Waals surface area contributed by atoms with Crippen LogP contribution in [0.15, 0.2) is 0 Å². The van der Waals surface area contributed by atoms with Gasteiger partial charge < -0.3 is 10.1 Å². The molecule has 1 aliphatic carbocycles. The van der Waals surface area contributed by atoms with E-state index in [0.717, 1.165) is 19.8 Å². The van der Waals surface area contributed by atoms with Crippen molar-refractivity contribution in [3.05, 3.63) is 0 Å². The lowest BCUT2D eigenvalue weighted by atomic mass is 10.0. The fourth-order valence-electron chi connectivity index (χ4n) is 2.67. The SMILES string of the molecule is CCOCCN(C)C1CCCCCC1NC. The first-order valence-electron chi connectivity index (χ1n) is 6.74.